The van der Waals surface area contributed by atoms with Gasteiger partial charge in [-0.1, -0.05) is 49.7 Å². The molecule has 3 N–H and O–H groups in total. The van der Waals surface area contributed by atoms with Crippen molar-refractivity contribution >= 4 is 23.4 Å². The summed E-state index contributed by atoms with van der Waals surface area (Å²) < 4.78 is 0. The molecule has 2 heterocycles. The van der Waals surface area contributed by atoms with Gasteiger partial charge in [0.1, 0.15) is 0 Å². The van der Waals surface area contributed by atoms with E-state index in [1.54, 1.807) is 41.3 Å². The average molecular weight is 511 g/mol. The highest BCUT2D eigenvalue weighted by molar-refractivity contribution is 6.30. The third-order valence-electron chi connectivity index (χ3n) is 6.90. The second-order valence-electron chi connectivity index (χ2n) is 10.6. The van der Waals surface area contributed by atoms with E-state index in [-0.39, 0.29) is 18.2 Å². The van der Waals surface area contributed by atoms with Crippen LogP contribution in [0, 0.1) is 5.41 Å². The van der Waals surface area contributed by atoms with E-state index in [0.717, 1.165) is 5.56 Å². The van der Waals surface area contributed by atoms with Gasteiger partial charge in [-0.25, -0.2) is 0 Å². The molecule has 0 bridgehead atoms. The molecular weight excluding hydrogens is 480 g/mol. The number of tetrazole rings is 1. The number of H-pyrrole nitrogens is 1. The minimum absolute atomic E-state index is 0.0768. The highest BCUT2D eigenvalue weighted by Crippen LogP contribution is 2.46. The lowest BCUT2D eigenvalue weighted by Crippen LogP contribution is -2.58. The van der Waals surface area contributed by atoms with Gasteiger partial charge < -0.3 is 15.3 Å². The normalized spacial score (nSPS) is 19.7. The van der Waals surface area contributed by atoms with Crippen molar-refractivity contribution in [2.45, 2.75) is 51.7 Å². The number of halogens is 1. The van der Waals surface area contributed by atoms with E-state index in [0.29, 0.717) is 41.5 Å². The van der Waals surface area contributed by atoms with Crippen molar-refractivity contribution in [1.29, 1.82) is 0 Å². The van der Waals surface area contributed by atoms with Crippen molar-refractivity contribution in [2.24, 2.45) is 5.41 Å². The summed E-state index contributed by atoms with van der Waals surface area (Å²) in [4.78, 5) is 28.0. The van der Waals surface area contributed by atoms with E-state index in [4.69, 9.17) is 11.6 Å². The van der Waals surface area contributed by atoms with Crippen LogP contribution >= 0.6 is 11.6 Å². The van der Waals surface area contributed by atoms with Gasteiger partial charge in [0.2, 0.25) is 11.7 Å². The van der Waals surface area contributed by atoms with Gasteiger partial charge in [0.25, 0.3) is 5.91 Å². The molecule has 2 amide bonds. The minimum Gasteiger partial charge on any atom is -0.384 e. The first-order valence-corrected chi connectivity index (χ1v) is 12.2. The number of aromatic nitrogens is 4. The first-order chi connectivity index (χ1) is 16.9. The Morgan fingerprint density at radius 3 is 2.56 bits per heavy atom. The molecule has 0 saturated carbocycles. The minimum atomic E-state index is -1.08. The lowest BCUT2D eigenvalue weighted by Gasteiger charge is -2.51. The maximum Gasteiger partial charge on any atom is 0.251 e. The smallest absolute Gasteiger partial charge is 0.251 e. The van der Waals surface area contributed by atoms with Crippen LogP contribution in [-0.4, -0.2) is 61.1 Å². The molecule has 1 unspecified atom stereocenters. The zero-order valence-corrected chi connectivity index (χ0v) is 21.6. The summed E-state index contributed by atoms with van der Waals surface area (Å²) in [5.41, 5.74) is -0.567. The number of likely N-dealkylation sites (tertiary alicyclic amines) is 1. The Morgan fingerprint density at radius 1 is 1.19 bits per heavy atom. The highest BCUT2D eigenvalue weighted by atomic mass is 35.5. The van der Waals surface area contributed by atoms with Crippen LogP contribution in [0.1, 0.15) is 56.5 Å². The zero-order valence-electron chi connectivity index (χ0n) is 20.9. The number of benzene rings is 2. The Morgan fingerprint density at radius 2 is 1.92 bits per heavy atom. The van der Waals surface area contributed by atoms with Gasteiger partial charge in [0, 0.05) is 46.6 Å². The number of hydrogen-bond donors (Lipinski definition) is 3. The number of nitrogens with one attached hydrogen (secondary N) is 2. The SMILES string of the molecule is CC(C)(CC(=O)N1CCC(O)(c2ccc(Cl)cc2)C(C)(C)C1)NC(=O)c1cccc(-c2nn[nH]n2)c1. The zero-order chi connectivity index (χ0) is 26.1. The largest absolute Gasteiger partial charge is 0.384 e. The number of hydrogen-bond acceptors (Lipinski definition) is 6. The lowest BCUT2D eigenvalue weighted by atomic mass is 9.66. The number of carbonyl (C=O) groups is 2. The van der Waals surface area contributed by atoms with Gasteiger partial charge in [-0.05, 0) is 55.3 Å². The fourth-order valence-corrected chi connectivity index (χ4v) is 4.92. The monoisotopic (exact) mass is 510 g/mol. The molecule has 36 heavy (non-hydrogen) atoms. The van der Waals surface area contributed by atoms with E-state index in [1.165, 1.54) is 0 Å². The second kappa shape index (κ2) is 9.63. The predicted molar refractivity (Wildman–Crippen MR) is 136 cm³/mol. The first kappa shape index (κ1) is 25.8. The predicted octanol–water partition coefficient (Wildman–Crippen LogP) is 3.56. The molecule has 1 atom stereocenters. The van der Waals surface area contributed by atoms with Crippen LogP contribution in [0.4, 0.5) is 0 Å². The Balaban J connectivity index is 1.41. The van der Waals surface area contributed by atoms with E-state index in [2.05, 4.69) is 25.9 Å². The number of amides is 2. The molecule has 9 nitrogen and oxygen atoms in total. The third kappa shape index (κ3) is 5.27. The number of piperidine rings is 1. The maximum absolute atomic E-state index is 13.3. The van der Waals surface area contributed by atoms with Gasteiger partial charge in [-0.2, -0.15) is 5.21 Å². The van der Waals surface area contributed by atoms with E-state index >= 15 is 0 Å². The first-order valence-electron chi connectivity index (χ1n) is 11.8. The fraction of sp³-hybridized carbons (Fsp3) is 0.423. The average Bonchev–Trinajstić information content (AvgIpc) is 3.36. The number of nitrogens with zero attached hydrogens (tertiary/aromatic N) is 4. The number of carbonyl (C=O) groups excluding carboxylic acids is 2. The van der Waals surface area contributed by atoms with Crippen molar-refractivity contribution in [3.63, 3.8) is 0 Å². The molecule has 1 aromatic heterocycles. The summed E-state index contributed by atoms with van der Waals surface area (Å²) in [5, 5.41) is 29.0. The van der Waals surface area contributed by atoms with Crippen molar-refractivity contribution in [3.8, 4) is 11.4 Å². The fourth-order valence-electron chi connectivity index (χ4n) is 4.79. The molecular formula is C26H31ClN6O3. The molecule has 4 rings (SSSR count). The maximum atomic E-state index is 13.3. The summed E-state index contributed by atoms with van der Waals surface area (Å²) in [6.07, 6.45) is 0.530. The number of aliphatic hydroxyl groups is 1. The Kier molecular flexibility index (Phi) is 6.90. The molecule has 10 heteroatoms. The summed E-state index contributed by atoms with van der Waals surface area (Å²) >= 11 is 6.03. The van der Waals surface area contributed by atoms with Gasteiger partial charge in [-0.15, -0.1) is 10.2 Å². The van der Waals surface area contributed by atoms with Crippen molar-refractivity contribution in [3.05, 3.63) is 64.7 Å². The summed E-state index contributed by atoms with van der Waals surface area (Å²) in [6, 6.07) is 14.1. The summed E-state index contributed by atoms with van der Waals surface area (Å²) in [7, 11) is 0. The molecule has 1 aliphatic heterocycles. The van der Waals surface area contributed by atoms with Gasteiger partial charge in [0.05, 0.1) is 5.60 Å². The molecule has 1 saturated heterocycles. The summed E-state index contributed by atoms with van der Waals surface area (Å²) in [6.45, 7) is 8.38. The van der Waals surface area contributed by atoms with Crippen LogP contribution in [0.15, 0.2) is 48.5 Å². The molecule has 3 aromatic rings. The second-order valence-corrected chi connectivity index (χ2v) is 11.1. The van der Waals surface area contributed by atoms with Crippen LogP contribution in [0.2, 0.25) is 5.02 Å². The van der Waals surface area contributed by atoms with Crippen LogP contribution in [0.5, 0.6) is 0 Å². The highest BCUT2D eigenvalue weighted by Gasteiger charge is 2.49. The van der Waals surface area contributed by atoms with E-state index in [9.17, 15) is 14.7 Å². The van der Waals surface area contributed by atoms with Crippen LogP contribution < -0.4 is 5.32 Å². The van der Waals surface area contributed by atoms with Crippen molar-refractivity contribution in [2.75, 3.05) is 13.1 Å². The lowest BCUT2D eigenvalue weighted by molar-refractivity contribution is -0.154. The molecule has 1 fully saturated rings. The molecule has 2 aromatic carbocycles. The standard InChI is InChI=1S/C26H31ClN6O3/c1-24(2)16-33(13-12-26(24,36)19-8-10-20(27)11-9-19)21(34)15-25(3,4)28-23(35)18-7-5-6-17(14-18)22-29-31-32-30-22/h5-11,14,36H,12-13,15-16H2,1-4H3,(H,28,35)(H,29,30,31,32). The molecule has 0 spiro atoms. The molecule has 190 valence electrons. The quantitative estimate of drug-likeness (QED) is 0.465. The number of aromatic amines is 1. The molecule has 0 radical (unpaired) electrons. The number of rotatable bonds is 6. The van der Waals surface area contributed by atoms with Gasteiger partial charge in [-0.3, -0.25) is 9.59 Å². The van der Waals surface area contributed by atoms with Crippen molar-refractivity contribution in [1.82, 2.24) is 30.8 Å². The van der Waals surface area contributed by atoms with Crippen LogP contribution in [0.25, 0.3) is 11.4 Å². The van der Waals surface area contributed by atoms with Crippen LogP contribution in [-0.2, 0) is 10.4 Å². The third-order valence-corrected chi connectivity index (χ3v) is 7.15. The van der Waals surface area contributed by atoms with Crippen molar-refractivity contribution < 1.29 is 14.7 Å². The topological polar surface area (TPSA) is 124 Å². The van der Waals surface area contributed by atoms with Crippen LogP contribution in [0.3, 0.4) is 0 Å². The Hall–Kier alpha value is -3.30. The van der Waals surface area contributed by atoms with E-state index in [1.807, 2.05) is 39.8 Å². The Bertz CT molecular complexity index is 1240. The van der Waals surface area contributed by atoms with Gasteiger partial charge >= 0.3 is 0 Å². The van der Waals surface area contributed by atoms with E-state index < -0.39 is 16.6 Å². The van der Waals surface area contributed by atoms with Gasteiger partial charge in [0.15, 0.2) is 0 Å². The molecule has 0 aliphatic carbocycles. The molecule has 1 aliphatic rings. The Labute approximate surface area is 215 Å². The summed E-state index contributed by atoms with van der Waals surface area (Å²) in [5.74, 6) is 0.0201.